The first-order chi connectivity index (χ1) is 10.3. The predicted molar refractivity (Wildman–Crippen MR) is 80.9 cm³/mol. The zero-order valence-electron chi connectivity index (χ0n) is 11.7. The van der Waals surface area contributed by atoms with Crippen LogP contribution in [-0.2, 0) is 9.78 Å². The molecule has 4 heteroatoms. The summed E-state index contributed by atoms with van der Waals surface area (Å²) >= 11 is 0. The summed E-state index contributed by atoms with van der Waals surface area (Å²) in [5.74, 6) is -0.488. The van der Waals surface area contributed by atoms with Crippen molar-refractivity contribution in [2.45, 2.75) is 13.3 Å². The van der Waals surface area contributed by atoms with Gasteiger partial charge in [-0.25, -0.2) is 9.78 Å². The molecule has 0 aliphatic rings. The molecule has 0 atom stereocenters. The number of fused-ring (bicyclic) bond motifs is 2. The number of hydrogen-bond acceptors (Lipinski definition) is 4. The second-order valence-electron chi connectivity index (χ2n) is 4.71. The molecule has 3 rings (SSSR count). The van der Waals surface area contributed by atoms with E-state index in [1.807, 2.05) is 55.5 Å². The van der Waals surface area contributed by atoms with E-state index in [0.717, 1.165) is 28.2 Å². The van der Waals surface area contributed by atoms with Crippen molar-refractivity contribution in [3.8, 4) is 0 Å². The zero-order chi connectivity index (χ0) is 14.7. The van der Waals surface area contributed by atoms with E-state index in [2.05, 4.69) is 4.98 Å². The molecule has 0 radical (unpaired) electrons. The average molecular weight is 281 g/mol. The third-order valence-corrected chi connectivity index (χ3v) is 3.21. The summed E-state index contributed by atoms with van der Waals surface area (Å²) in [6.07, 6.45) is 0.783. The van der Waals surface area contributed by atoms with Gasteiger partial charge in [-0.3, -0.25) is 4.89 Å². The highest BCUT2D eigenvalue weighted by Gasteiger charge is 2.17. The monoisotopic (exact) mass is 281 g/mol. The van der Waals surface area contributed by atoms with Gasteiger partial charge in [0.1, 0.15) is 0 Å². The molecule has 2 aromatic carbocycles. The van der Waals surface area contributed by atoms with Crippen LogP contribution < -0.4 is 0 Å². The molecule has 0 saturated carbocycles. The van der Waals surface area contributed by atoms with Gasteiger partial charge in [0.2, 0.25) is 0 Å². The van der Waals surface area contributed by atoms with Crippen molar-refractivity contribution >= 4 is 27.8 Å². The van der Waals surface area contributed by atoms with Crippen LogP contribution in [0.5, 0.6) is 0 Å². The number of rotatable bonds is 4. The molecule has 0 saturated heterocycles. The fourth-order valence-electron chi connectivity index (χ4n) is 2.28. The summed E-state index contributed by atoms with van der Waals surface area (Å²) in [6.45, 7) is 2.33. The third-order valence-electron chi connectivity index (χ3n) is 3.21. The van der Waals surface area contributed by atoms with Crippen LogP contribution in [0.4, 0.5) is 0 Å². The number of carbonyl (C=O) groups is 1. The van der Waals surface area contributed by atoms with Crippen molar-refractivity contribution in [1.29, 1.82) is 0 Å². The molecule has 0 aliphatic carbocycles. The molecule has 0 fully saturated rings. The molecule has 0 aliphatic heterocycles. The van der Waals surface area contributed by atoms with Crippen molar-refractivity contribution < 1.29 is 14.6 Å². The minimum Gasteiger partial charge on any atom is -0.293 e. The van der Waals surface area contributed by atoms with Crippen LogP contribution in [0.2, 0.25) is 0 Å². The smallest absolute Gasteiger partial charge is 0.293 e. The predicted octanol–water partition coefficient (Wildman–Crippen LogP) is 3.89. The lowest BCUT2D eigenvalue weighted by Crippen LogP contribution is -2.08. The average Bonchev–Trinajstić information content (AvgIpc) is 2.52. The van der Waals surface area contributed by atoms with Gasteiger partial charge in [-0.15, -0.1) is 0 Å². The second kappa shape index (κ2) is 5.89. The van der Waals surface area contributed by atoms with E-state index in [-0.39, 0.29) is 0 Å². The fourth-order valence-corrected chi connectivity index (χ4v) is 2.28. The van der Waals surface area contributed by atoms with Crippen molar-refractivity contribution in [2.75, 3.05) is 6.61 Å². The van der Waals surface area contributed by atoms with Crippen molar-refractivity contribution in [3.63, 3.8) is 0 Å². The summed E-state index contributed by atoms with van der Waals surface area (Å²) in [7, 11) is 0. The van der Waals surface area contributed by atoms with Gasteiger partial charge >= 0.3 is 5.97 Å². The standard InChI is InChI=1S/C17H15NO3/c1-2-11-20-21-17(19)16-12-7-3-5-9-14(12)18-15-10-6-4-8-13(15)16/h3-10H,2,11H2,1H3. The molecule has 106 valence electrons. The number of nitrogens with zero attached hydrogens (tertiary/aromatic N) is 1. The van der Waals surface area contributed by atoms with Crippen LogP contribution in [0.3, 0.4) is 0 Å². The van der Waals surface area contributed by atoms with Crippen molar-refractivity contribution in [1.82, 2.24) is 4.98 Å². The normalized spacial score (nSPS) is 10.9. The van der Waals surface area contributed by atoms with E-state index in [0.29, 0.717) is 12.2 Å². The Bertz CT molecular complexity index is 744. The lowest BCUT2D eigenvalue weighted by Gasteiger charge is -2.09. The first kappa shape index (κ1) is 13.5. The highest BCUT2D eigenvalue weighted by atomic mass is 17.2. The van der Waals surface area contributed by atoms with Gasteiger partial charge < -0.3 is 0 Å². The minimum atomic E-state index is -0.488. The lowest BCUT2D eigenvalue weighted by molar-refractivity contribution is -0.240. The zero-order valence-corrected chi connectivity index (χ0v) is 11.7. The van der Waals surface area contributed by atoms with Gasteiger partial charge in [0.25, 0.3) is 0 Å². The topological polar surface area (TPSA) is 48.4 Å². The van der Waals surface area contributed by atoms with Gasteiger partial charge in [-0.2, -0.15) is 4.89 Å². The fraction of sp³-hybridized carbons (Fsp3) is 0.176. The Labute approximate surface area is 122 Å². The van der Waals surface area contributed by atoms with Gasteiger partial charge in [-0.05, 0) is 18.6 Å². The maximum atomic E-state index is 12.4. The molecular weight excluding hydrogens is 266 g/mol. The molecule has 4 nitrogen and oxygen atoms in total. The molecule has 1 heterocycles. The van der Waals surface area contributed by atoms with Crippen LogP contribution in [0.1, 0.15) is 23.7 Å². The van der Waals surface area contributed by atoms with Crippen molar-refractivity contribution in [3.05, 3.63) is 54.1 Å². The Morgan fingerprint density at radius 2 is 1.57 bits per heavy atom. The maximum Gasteiger partial charge on any atom is 0.374 e. The van der Waals surface area contributed by atoms with Gasteiger partial charge in [-0.1, -0.05) is 43.3 Å². The first-order valence-electron chi connectivity index (χ1n) is 6.92. The highest BCUT2D eigenvalue weighted by Crippen LogP contribution is 2.26. The summed E-state index contributed by atoms with van der Waals surface area (Å²) in [5.41, 5.74) is 2.02. The quantitative estimate of drug-likeness (QED) is 0.315. The summed E-state index contributed by atoms with van der Waals surface area (Å²) in [4.78, 5) is 26.8. The van der Waals surface area contributed by atoms with Crippen LogP contribution in [0.25, 0.3) is 21.8 Å². The molecule has 0 unspecified atom stereocenters. The summed E-state index contributed by atoms with van der Waals surface area (Å²) in [5, 5.41) is 1.53. The lowest BCUT2D eigenvalue weighted by atomic mass is 10.0. The Hall–Kier alpha value is -2.46. The van der Waals surface area contributed by atoms with E-state index in [4.69, 9.17) is 9.78 Å². The van der Waals surface area contributed by atoms with E-state index in [1.165, 1.54) is 0 Å². The molecule has 0 bridgehead atoms. The SMILES string of the molecule is CCCOOC(=O)c1c2ccccc2nc2ccccc12. The number of carbonyl (C=O) groups excluding carboxylic acids is 1. The molecule has 21 heavy (non-hydrogen) atoms. The number of pyridine rings is 1. The molecular formula is C17H15NO3. The molecule has 1 aromatic heterocycles. The number of hydrogen-bond donors (Lipinski definition) is 0. The number of benzene rings is 2. The van der Waals surface area contributed by atoms with Gasteiger partial charge in [0.15, 0.2) is 0 Å². The van der Waals surface area contributed by atoms with Crippen LogP contribution in [0, 0.1) is 0 Å². The maximum absolute atomic E-state index is 12.4. The van der Waals surface area contributed by atoms with E-state index in [9.17, 15) is 4.79 Å². The summed E-state index contributed by atoms with van der Waals surface area (Å²) in [6, 6.07) is 15.0. The van der Waals surface area contributed by atoms with Crippen LogP contribution in [0.15, 0.2) is 48.5 Å². The molecule has 0 amide bonds. The van der Waals surface area contributed by atoms with E-state index >= 15 is 0 Å². The van der Waals surface area contributed by atoms with Gasteiger partial charge in [0.05, 0.1) is 23.2 Å². The third kappa shape index (κ3) is 2.58. The Morgan fingerprint density at radius 3 is 2.14 bits per heavy atom. The Balaban J connectivity index is 2.18. The molecule has 0 N–H and O–H groups in total. The van der Waals surface area contributed by atoms with Crippen LogP contribution in [-0.4, -0.2) is 17.6 Å². The van der Waals surface area contributed by atoms with Crippen molar-refractivity contribution in [2.24, 2.45) is 0 Å². The van der Waals surface area contributed by atoms with E-state index < -0.39 is 5.97 Å². The first-order valence-corrected chi connectivity index (χ1v) is 6.92. The second-order valence-corrected chi connectivity index (χ2v) is 4.71. The molecule has 0 spiro atoms. The van der Waals surface area contributed by atoms with Gasteiger partial charge in [0, 0.05) is 10.8 Å². The largest absolute Gasteiger partial charge is 0.374 e. The van der Waals surface area contributed by atoms with E-state index in [1.54, 1.807) is 0 Å². The minimum absolute atomic E-state index is 0.382. The Morgan fingerprint density at radius 1 is 1.00 bits per heavy atom. The summed E-state index contributed by atoms with van der Waals surface area (Å²) < 4.78 is 0. The highest BCUT2D eigenvalue weighted by molar-refractivity contribution is 6.14. The molecule has 3 aromatic rings. The number of aromatic nitrogens is 1. The van der Waals surface area contributed by atoms with Crippen LogP contribution >= 0.6 is 0 Å². The Kier molecular flexibility index (Phi) is 3.79. The number of para-hydroxylation sites is 2.